The molecule has 1 unspecified atom stereocenters. The summed E-state index contributed by atoms with van der Waals surface area (Å²) in [4.78, 5) is 28.9. The largest absolute Gasteiger partial charge is 0.465 e. The fourth-order valence-electron chi connectivity index (χ4n) is 5.13. The Morgan fingerprint density at radius 3 is 2.58 bits per heavy atom. The lowest BCUT2D eigenvalue weighted by molar-refractivity contribution is 0.0600. The molecule has 2 aromatic heterocycles. The van der Waals surface area contributed by atoms with Crippen LogP contribution in [0.1, 0.15) is 64.8 Å². The minimum atomic E-state index is -0.393. The predicted molar refractivity (Wildman–Crippen MR) is 130 cm³/mol. The topological polar surface area (TPSA) is 63.6 Å². The standard InChI is InChI=1S/C26H29N3O3S/c1-16(2)23-21-8-6-14-28(21)24-20(19-7-4-5-9-22(19)33-24)15-29(23)26(31)27-18-12-10-17(11-13-18)25(30)32-3/h6,8,10-14,16,23H,4-5,7,9,15H2,1-3H3,(H,27,31). The molecular weight excluding hydrogens is 434 g/mol. The third-order valence-corrected chi connectivity index (χ3v) is 8.01. The van der Waals surface area contributed by atoms with Crippen LogP contribution in [0.15, 0.2) is 42.6 Å². The third kappa shape index (κ3) is 3.84. The monoisotopic (exact) mass is 463 g/mol. The molecule has 0 saturated heterocycles. The van der Waals surface area contributed by atoms with Gasteiger partial charge in [0, 0.05) is 28.0 Å². The summed E-state index contributed by atoms with van der Waals surface area (Å²) >= 11 is 1.90. The number of nitrogens with one attached hydrogen (secondary N) is 1. The van der Waals surface area contributed by atoms with Gasteiger partial charge in [-0.15, -0.1) is 11.3 Å². The number of fused-ring (bicyclic) bond motifs is 5. The number of anilines is 1. The Labute approximate surface area is 198 Å². The highest BCUT2D eigenvalue weighted by Gasteiger charge is 2.36. The molecular formula is C26H29N3O3S. The van der Waals surface area contributed by atoms with Crippen molar-refractivity contribution >= 4 is 29.0 Å². The Bertz CT molecular complexity index is 1190. The van der Waals surface area contributed by atoms with Crippen molar-refractivity contribution in [2.24, 2.45) is 5.92 Å². The van der Waals surface area contributed by atoms with Crippen LogP contribution in [0.3, 0.4) is 0 Å². The molecule has 1 aromatic carbocycles. The van der Waals surface area contributed by atoms with Gasteiger partial charge in [0.25, 0.3) is 0 Å². The van der Waals surface area contributed by atoms with Crippen molar-refractivity contribution in [2.75, 3.05) is 12.4 Å². The smallest absolute Gasteiger partial charge is 0.337 e. The van der Waals surface area contributed by atoms with E-state index in [0.29, 0.717) is 17.8 Å². The maximum absolute atomic E-state index is 13.7. The lowest BCUT2D eigenvalue weighted by atomic mass is 9.94. The summed E-state index contributed by atoms with van der Waals surface area (Å²) in [6, 6.07) is 10.9. The minimum Gasteiger partial charge on any atom is -0.465 e. The van der Waals surface area contributed by atoms with Gasteiger partial charge in [-0.05, 0) is 73.6 Å². The number of urea groups is 1. The molecule has 1 aliphatic carbocycles. The number of aryl methyl sites for hydroxylation is 1. The van der Waals surface area contributed by atoms with Crippen molar-refractivity contribution in [3.63, 3.8) is 0 Å². The molecule has 0 radical (unpaired) electrons. The number of amides is 2. The van der Waals surface area contributed by atoms with Gasteiger partial charge in [-0.25, -0.2) is 9.59 Å². The number of hydrogen-bond acceptors (Lipinski definition) is 4. The Hall–Kier alpha value is -3.06. The Kier molecular flexibility index (Phi) is 5.74. The number of rotatable bonds is 3. The third-order valence-electron chi connectivity index (χ3n) is 6.68. The summed E-state index contributed by atoms with van der Waals surface area (Å²) in [5, 5.41) is 4.33. The van der Waals surface area contributed by atoms with Crippen molar-refractivity contribution < 1.29 is 14.3 Å². The average molecular weight is 464 g/mol. The van der Waals surface area contributed by atoms with Crippen LogP contribution in [-0.2, 0) is 24.1 Å². The SMILES string of the molecule is COC(=O)c1ccc(NC(=O)N2Cc3c(sc4c3CCCC4)-n3cccc3C2C(C)C)cc1. The predicted octanol–water partition coefficient (Wildman–Crippen LogP) is 5.95. The first-order valence-electron chi connectivity index (χ1n) is 11.5. The van der Waals surface area contributed by atoms with Crippen LogP contribution in [0, 0.1) is 5.92 Å². The fraction of sp³-hybridized carbons (Fsp3) is 0.385. The van der Waals surface area contributed by atoms with Gasteiger partial charge in [-0.2, -0.15) is 0 Å². The van der Waals surface area contributed by atoms with Crippen LogP contribution in [-0.4, -0.2) is 28.6 Å². The highest BCUT2D eigenvalue weighted by molar-refractivity contribution is 7.15. The second-order valence-corrected chi connectivity index (χ2v) is 10.2. The maximum Gasteiger partial charge on any atom is 0.337 e. The van der Waals surface area contributed by atoms with Gasteiger partial charge in [0.2, 0.25) is 0 Å². The van der Waals surface area contributed by atoms with Crippen molar-refractivity contribution in [2.45, 2.75) is 52.1 Å². The molecule has 3 aromatic rings. The van der Waals surface area contributed by atoms with Crippen molar-refractivity contribution in [3.05, 3.63) is 69.9 Å². The van der Waals surface area contributed by atoms with E-state index in [1.807, 2.05) is 16.2 Å². The number of aromatic nitrogens is 1. The van der Waals surface area contributed by atoms with E-state index in [0.717, 1.165) is 18.5 Å². The number of carbonyl (C=O) groups excluding carboxylic acids is 2. The van der Waals surface area contributed by atoms with E-state index >= 15 is 0 Å². The molecule has 3 heterocycles. The van der Waals surface area contributed by atoms with E-state index in [1.165, 1.54) is 41.0 Å². The van der Waals surface area contributed by atoms with E-state index in [4.69, 9.17) is 4.74 Å². The molecule has 2 aliphatic rings. The van der Waals surface area contributed by atoms with Crippen LogP contribution >= 0.6 is 11.3 Å². The zero-order chi connectivity index (χ0) is 23.1. The number of hydrogen-bond donors (Lipinski definition) is 1. The molecule has 1 atom stereocenters. The number of benzene rings is 1. The van der Waals surface area contributed by atoms with Gasteiger partial charge in [0.1, 0.15) is 5.00 Å². The molecule has 2 amide bonds. The van der Waals surface area contributed by atoms with Gasteiger partial charge in [0.05, 0.1) is 25.3 Å². The van der Waals surface area contributed by atoms with Crippen molar-refractivity contribution in [3.8, 4) is 5.00 Å². The van der Waals surface area contributed by atoms with Gasteiger partial charge >= 0.3 is 12.0 Å². The number of methoxy groups -OCH3 is 1. The lowest BCUT2D eigenvalue weighted by Crippen LogP contribution is -2.39. The quantitative estimate of drug-likeness (QED) is 0.488. The number of nitrogens with zero attached hydrogens (tertiary/aromatic N) is 2. The molecule has 6 nitrogen and oxygen atoms in total. The first kappa shape index (κ1) is 21.8. The molecule has 33 heavy (non-hydrogen) atoms. The first-order chi connectivity index (χ1) is 16.0. The number of ether oxygens (including phenoxy) is 1. The Balaban J connectivity index is 1.51. The molecule has 7 heteroatoms. The van der Waals surface area contributed by atoms with E-state index in [2.05, 4.69) is 42.1 Å². The van der Waals surface area contributed by atoms with Gasteiger partial charge < -0.3 is 19.5 Å². The summed E-state index contributed by atoms with van der Waals surface area (Å²) in [7, 11) is 1.36. The Morgan fingerprint density at radius 2 is 1.85 bits per heavy atom. The first-order valence-corrected chi connectivity index (χ1v) is 12.4. The van der Waals surface area contributed by atoms with E-state index < -0.39 is 5.97 Å². The van der Waals surface area contributed by atoms with Gasteiger partial charge in [-0.3, -0.25) is 0 Å². The lowest BCUT2D eigenvalue weighted by Gasteiger charge is -2.33. The number of esters is 1. The van der Waals surface area contributed by atoms with Crippen LogP contribution < -0.4 is 5.32 Å². The molecule has 0 fully saturated rings. The Morgan fingerprint density at radius 1 is 1.09 bits per heavy atom. The van der Waals surface area contributed by atoms with E-state index in [9.17, 15) is 9.59 Å². The van der Waals surface area contributed by atoms with Gasteiger partial charge in [0.15, 0.2) is 0 Å². The molecule has 0 spiro atoms. The van der Waals surface area contributed by atoms with Crippen molar-refractivity contribution in [1.82, 2.24) is 9.47 Å². The fourth-order valence-corrected chi connectivity index (χ4v) is 6.53. The van der Waals surface area contributed by atoms with E-state index in [1.54, 1.807) is 24.3 Å². The highest BCUT2D eigenvalue weighted by Crippen LogP contribution is 2.44. The summed E-state index contributed by atoms with van der Waals surface area (Å²) in [6.45, 7) is 4.93. The second kappa shape index (κ2) is 8.71. The minimum absolute atomic E-state index is 0.0480. The summed E-state index contributed by atoms with van der Waals surface area (Å²) in [5.74, 6) is -0.147. The normalized spacial score (nSPS) is 17.1. The second-order valence-electron chi connectivity index (χ2n) is 9.11. The van der Waals surface area contributed by atoms with Gasteiger partial charge in [-0.1, -0.05) is 13.8 Å². The summed E-state index contributed by atoms with van der Waals surface area (Å²) in [6.07, 6.45) is 6.81. The maximum atomic E-state index is 13.7. The van der Waals surface area contributed by atoms with Crippen molar-refractivity contribution in [1.29, 1.82) is 0 Å². The number of carbonyl (C=O) groups is 2. The zero-order valence-corrected chi connectivity index (χ0v) is 20.1. The van der Waals surface area contributed by atoms with E-state index in [-0.39, 0.29) is 18.0 Å². The highest BCUT2D eigenvalue weighted by atomic mass is 32.1. The summed E-state index contributed by atoms with van der Waals surface area (Å²) < 4.78 is 7.07. The van der Waals surface area contributed by atoms with Crippen LogP contribution in [0.2, 0.25) is 0 Å². The molecule has 1 aliphatic heterocycles. The van der Waals surface area contributed by atoms with Crippen LogP contribution in [0.25, 0.3) is 5.00 Å². The zero-order valence-electron chi connectivity index (χ0n) is 19.3. The molecule has 0 bridgehead atoms. The van der Waals surface area contributed by atoms with Crippen LogP contribution in [0.4, 0.5) is 10.5 Å². The summed E-state index contributed by atoms with van der Waals surface area (Å²) in [5.41, 5.74) is 5.01. The molecule has 0 saturated carbocycles. The molecule has 5 rings (SSSR count). The molecule has 1 N–H and O–H groups in total. The average Bonchev–Trinajstić information content (AvgIpc) is 3.40. The molecule has 172 valence electrons. The number of thiophene rings is 1. The van der Waals surface area contributed by atoms with Crippen LogP contribution in [0.5, 0.6) is 0 Å².